The van der Waals surface area contributed by atoms with Gasteiger partial charge in [0.2, 0.25) is 0 Å². The van der Waals surface area contributed by atoms with E-state index in [9.17, 15) is 38.4 Å². The van der Waals surface area contributed by atoms with Crippen molar-refractivity contribution in [1.82, 2.24) is 0 Å². The summed E-state index contributed by atoms with van der Waals surface area (Å²) in [5.41, 5.74) is 0. The summed E-state index contributed by atoms with van der Waals surface area (Å²) in [6.45, 7) is 41.9. The SMILES string of the molecule is C1CCOC1.C1CCOCC1.CC.CC.CC.CC.CC.CC.CC.CC.CC.O=C1C2CC3CC(C2)CC1C3.O=C1CC2CCC1C2.O=C1CCCCC1.O=C1CCCCCO1.O=C1CCCCO1.O=C1CCCO1.O=C1OC2CC3CC1C2C3.O=C1OC2CCCC1C2. The average molecular weight is 1350 g/mol. The van der Waals surface area contributed by atoms with Gasteiger partial charge < -0.3 is 33.2 Å². The Kier molecular flexibility index (Phi) is 65.2. The van der Waals surface area contributed by atoms with Crippen molar-refractivity contribution in [3.8, 4) is 0 Å². The maximum atomic E-state index is 11.6. The van der Waals surface area contributed by atoms with Crippen LogP contribution in [0.15, 0.2) is 0 Å². The van der Waals surface area contributed by atoms with Gasteiger partial charge in [-0.15, -0.1) is 0 Å². The normalized spacial score (nSPS) is 29.4. The summed E-state index contributed by atoms with van der Waals surface area (Å²) < 4.78 is 34.2. The first-order valence-electron chi connectivity index (χ1n) is 40.1. The van der Waals surface area contributed by atoms with E-state index in [1.165, 1.54) is 103 Å². The van der Waals surface area contributed by atoms with Crippen LogP contribution in [0.3, 0.4) is 0 Å². The molecule has 10 bridgehead atoms. The average Bonchev–Trinajstić information content (AvgIpc) is 1.71. The Morgan fingerprint density at radius 3 is 1.04 bits per heavy atom. The fraction of sp³-hybridized carbons (Fsp3) is 0.900. The third-order valence-corrected chi connectivity index (χ3v) is 18.4. The van der Waals surface area contributed by atoms with Crippen molar-refractivity contribution in [2.75, 3.05) is 46.2 Å². The number of hydrogen-bond donors (Lipinski definition) is 0. The fourth-order valence-corrected chi connectivity index (χ4v) is 14.4. The Hall–Kier alpha value is -3.72. The molecule has 0 N–H and O–H groups in total. The number of hydrogen-bond acceptors (Lipinski definition) is 15. The predicted molar refractivity (Wildman–Crippen MR) is 388 cm³/mol. The first-order valence-corrected chi connectivity index (χ1v) is 40.1. The zero-order valence-electron chi connectivity index (χ0n) is 64.8. The summed E-state index contributed by atoms with van der Waals surface area (Å²) in [6, 6.07) is 0. The van der Waals surface area contributed by atoms with Gasteiger partial charge in [0.25, 0.3) is 0 Å². The molecule has 0 aromatic heterocycles. The largest absolute Gasteiger partial charge is 0.466 e. The van der Waals surface area contributed by atoms with Crippen molar-refractivity contribution in [2.24, 2.45) is 59.2 Å². The minimum atomic E-state index is -0.0463. The molecule has 17 rings (SSSR count). The Bertz CT molecular complexity index is 1790. The van der Waals surface area contributed by atoms with Crippen LogP contribution in [0, 0.1) is 59.2 Å². The molecule has 7 aliphatic heterocycles. The highest BCUT2D eigenvalue weighted by molar-refractivity contribution is 5.85. The molecular formula is C80H150O15. The van der Waals surface area contributed by atoms with Crippen molar-refractivity contribution >= 4 is 47.2 Å². The number of ketones is 3. The summed E-state index contributed by atoms with van der Waals surface area (Å²) in [4.78, 5) is 85.5. The van der Waals surface area contributed by atoms with Gasteiger partial charge in [-0.2, -0.15) is 0 Å². The van der Waals surface area contributed by atoms with Crippen molar-refractivity contribution in [3.05, 3.63) is 0 Å². The van der Waals surface area contributed by atoms with E-state index in [2.05, 4.69) is 9.47 Å². The molecule has 8 unspecified atom stereocenters. The third kappa shape index (κ3) is 41.5. The molecule has 8 atom stereocenters. The molecule has 15 nitrogen and oxygen atoms in total. The van der Waals surface area contributed by atoms with Crippen molar-refractivity contribution < 1.29 is 71.5 Å². The molecule has 95 heavy (non-hydrogen) atoms. The molecule has 10 saturated carbocycles. The molecule has 17 aliphatic rings. The quantitative estimate of drug-likeness (QED) is 0.164. The molecule has 0 radical (unpaired) electrons. The zero-order chi connectivity index (χ0) is 72.2. The van der Waals surface area contributed by atoms with Gasteiger partial charge in [-0.3, -0.25) is 38.4 Å². The van der Waals surface area contributed by atoms with Gasteiger partial charge in [-0.1, -0.05) is 131 Å². The second kappa shape index (κ2) is 64.9. The number of carbonyl (C=O) groups excluding carboxylic acids is 8. The summed E-state index contributed by atoms with van der Waals surface area (Å²) in [5.74, 6) is 7.88. The van der Waals surface area contributed by atoms with Crippen LogP contribution in [-0.4, -0.2) is 106 Å². The van der Waals surface area contributed by atoms with Gasteiger partial charge in [0, 0.05) is 88.6 Å². The number of fused-ring (bicyclic) bond motifs is 5. The minimum absolute atomic E-state index is 0.0255. The summed E-state index contributed by atoms with van der Waals surface area (Å²) in [6.07, 6.45) is 39.4. The van der Waals surface area contributed by atoms with E-state index in [1.54, 1.807) is 0 Å². The minimum Gasteiger partial charge on any atom is -0.466 e. The van der Waals surface area contributed by atoms with Crippen molar-refractivity contribution in [2.45, 2.75) is 362 Å². The maximum Gasteiger partial charge on any atom is 0.309 e. The molecule has 10 aliphatic carbocycles. The van der Waals surface area contributed by atoms with Gasteiger partial charge in [0.15, 0.2) is 0 Å². The second-order valence-corrected chi connectivity index (χ2v) is 24.6. The molecule has 0 amide bonds. The van der Waals surface area contributed by atoms with Gasteiger partial charge in [0.1, 0.15) is 29.6 Å². The van der Waals surface area contributed by atoms with Crippen LogP contribution in [0.5, 0.6) is 0 Å². The molecule has 0 spiro atoms. The number of carbonyl (C=O) groups is 8. The van der Waals surface area contributed by atoms with E-state index in [0.29, 0.717) is 92.1 Å². The molecule has 7 saturated heterocycles. The third-order valence-electron chi connectivity index (χ3n) is 18.4. The lowest BCUT2D eigenvalue weighted by Crippen LogP contribution is -2.45. The number of ether oxygens (including phenoxy) is 7. The Morgan fingerprint density at radius 2 is 0.705 bits per heavy atom. The Balaban J connectivity index is -0.000000970. The molecule has 0 aromatic carbocycles. The number of Topliss-reactive ketones (excluding diaryl/α,β-unsaturated/α-hetero) is 3. The Labute approximate surface area is 583 Å². The first kappa shape index (κ1) is 95.5. The number of rotatable bonds is 0. The first-order chi connectivity index (χ1) is 46.5. The lowest BCUT2D eigenvalue weighted by molar-refractivity contribution is -0.147. The lowest BCUT2D eigenvalue weighted by Gasteiger charge is -2.48. The fourth-order valence-electron chi connectivity index (χ4n) is 14.4. The predicted octanol–water partition coefficient (Wildman–Crippen LogP) is 20.3. The van der Waals surface area contributed by atoms with Gasteiger partial charge >= 0.3 is 29.8 Å². The molecule has 560 valence electrons. The highest BCUT2D eigenvalue weighted by Gasteiger charge is 2.56. The van der Waals surface area contributed by atoms with Crippen LogP contribution in [0.4, 0.5) is 0 Å². The maximum absolute atomic E-state index is 11.6. The highest BCUT2D eigenvalue weighted by atomic mass is 16.6. The van der Waals surface area contributed by atoms with Gasteiger partial charge in [-0.25, -0.2) is 0 Å². The van der Waals surface area contributed by atoms with E-state index < -0.39 is 0 Å². The molecule has 7 heterocycles. The molecule has 0 aromatic rings. The standard InChI is InChI=1S/C10H14O.C8H10O2.C7H10O2.C7H10O.C6H10O2.C6H10O.C5H8O2.C5H10O.C4H6O2.C4H8O.9C2H6/c11-10-8-2-6-1-7(4-8)5-9(10)3-6;9-8-6-2-4-1-5(6)7(3-4)10-8;8-7-5-2-1-3-6(4-5)9-7;8-7-4-5-1-2-6(7)3-5;7-6-4-2-1-3-5-8-6;7-6-4-2-1-3-5-6;6-5-3-1-2-4-7-5;1-2-4-6-5-3-1;5-4-2-1-3-6-4;1-2-4-5-3-1;9*1-2/h6-9H,1-5H2;4-7H,1-3H2;5-6H,1-4H2;5-6H,1-4H2;1-5H2;1-5H2;1-4H2;1-5H2;1-3H2;1-4H2;9*1-2H3. The summed E-state index contributed by atoms with van der Waals surface area (Å²) in [5, 5.41) is 0. The van der Waals surface area contributed by atoms with E-state index in [1.807, 2.05) is 125 Å². The van der Waals surface area contributed by atoms with E-state index >= 15 is 0 Å². The van der Waals surface area contributed by atoms with Gasteiger partial charge in [0.05, 0.1) is 31.7 Å². The highest BCUT2D eigenvalue weighted by Crippen LogP contribution is 2.54. The molecular weight excluding hydrogens is 1200 g/mol. The van der Waals surface area contributed by atoms with Crippen LogP contribution in [0.2, 0.25) is 0 Å². The lowest BCUT2D eigenvalue weighted by atomic mass is 9.56. The van der Waals surface area contributed by atoms with Crippen molar-refractivity contribution in [1.29, 1.82) is 0 Å². The zero-order valence-corrected chi connectivity index (χ0v) is 64.8. The van der Waals surface area contributed by atoms with E-state index in [4.69, 9.17) is 23.7 Å². The van der Waals surface area contributed by atoms with Gasteiger partial charge in [-0.05, 0) is 203 Å². The van der Waals surface area contributed by atoms with Crippen LogP contribution < -0.4 is 0 Å². The van der Waals surface area contributed by atoms with Crippen LogP contribution in [-0.2, 0) is 71.5 Å². The smallest absolute Gasteiger partial charge is 0.309 e. The van der Waals surface area contributed by atoms with Crippen molar-refractivity contribution in [3.63, 3.8) is 0 Å². The number of cyclic esters (lactones) is 3. The Morgan fingerprint density at radius 1 is 0.295 bits per heavy atom. The van der Waals surface area contributed by atoms with Crippen LogP contribution in [0.25, 0.3) is 0 Å². The summed E-state index contributed by atoms with van der Waals surface area (Å²) in [7, 11) is 0. The van der Waals surface area contributed by atoms with Crippen LogP contribution in [0.1, 0.15) is 349 Å². The monoisotopic (exact) mass is 1350 g/mol. The topological polar surface area (TPSA) is 201 Å². The molecule has 15 heteroatoms. The van der Waals surface area contributed by atoms with E-state index in [-0.39, 0.29) is 41.9 Å². The summed E-state index contributed by atoms with van der Waals surface area (Å²) >= 11 is 0. The number of esters is 5. The molecule has 17 fully saturated rings. The van der Waals surface area contributed by atoms with E-state index in [0.717, 1.165) is 153 Å². The second-order valence-electron chi connectivity index (χ2n) is 24.6. The van der Waals surface area contributed by atoms with Crippen LogP contribution >= 0.6 is 0 Å².